The highest BCUT2D eigenvalue weighted by Crippen LogP contribution is 2.12. The minimum atomic E-state index is 0.423. The molecule has 14 heavy (non-hydrogen) atoms. The molecule has 0 heterocycles. The summed E-state index contributed by atoms with van der Waals surface area (Å²) < 4.78 is 0. The van der Waals surface area contributed by atoms with E-state index in [0.717, 1.165) is 17.9 Å². The lowest BCUT2D eigenvalue weighted by Gasteiger charge is -2.19. The van der Waals surface area contributed by atoms with Gasteiger partial charge in [0, 0.05) is 24.0 Å². The van der Waals surface area contributed by atoms with Gasteiger partial charge in [-0.1, -0.05) is 6.07 Å². The minimum absolute atomic E-state index is 0.423. The van der Waals surface area contributed by atoms with Gasteiger partial charge >= 0.3 is 0 Å². The first kappa shape index (κ1) is 10.9. The lowest BCUT2D eigenvalue weighted by atomic mass is 10.2. The molecular formula is C11H19N3. The molecule has 0 aromatic heterocycles. The van der Waals surface area contributed by atoms with E-state index in [-0.39, 0.29) is 0 Å². The zero-order valence-corrected chi connectivity index (χ0v) is 9.12. The second-order valence-electron chi connectivity index (χ2n) is 3.93. The van der Waals surface area contributed by atoms with Crippen LogP contribution >= 0.6 is 0 Å². The molecule has 0 aliphatic carbocycles. The van der Waals surface area contributed by atoms with Crippen LogP contribution in [0.3, 0.4) is 0 Å². The lowest BCUT2D eigenvalue weighted by molar-refractivity contribution is 0.392. The van der Waals surface area contributed by atoms with Crippen molar-refractivity contribution in [1.29, 1.82) is 0 Å². The molecular weight excluding hydrogens is 174 g/mol. The molecule has 0 fully saturated rings. The second kappa shape index (κ2) is 4.86. The number of anilines is 2. The summed E-state index contributed by atoms with van der Waals surface area (Å²) in [6.07, 6.45) is 0. The number of likely N-dealkylation sites (N-methyl/N-ethyl adjacent to an activating group) is 1. The van der Waals surface area contributed by atoms with Crippen molar-refractivity contribution >= 4 is 11.4 Å². The van der Waals surface area contributed by atoms with Gasteiger partial charge in [0.2, 0.25) is 0 Å². The number of nitrogens with zero attached hydrogens (tertiary/aromatic N) is 1. The van der Waals surface area contributed by atoms with Crippen LogP contribution in [0.5, 0.6) is 0 Å². The Morgan fingerprint density at radius 3 is 2.71 bits per heavy atom. The Morgan fingerprint density at radius 1 is 1.43 bits per heavy atom. The van der Waals surface area contributed by atoms with Crippen LogP contribution in [-0.2, 0) is 0 Å². The largest absolute Gasteiger partial charge is 0.399 e. The van der Waals surface area contributed by atoms with Gasteiger partial charge in [0.25, 0.3) is 0 Å². The average Bonchev–Trinajstić information content (AvgIpc) is 2.01. The molecule has 1 unspecified atom stereocenters. The van der Waals surface area contributed by atoms with Gasteiger partial charge in [0.1, 0.15) is 0 Å². The van der Waals surface area contributed by atoms with Gasteiger partial charge in [-0.05, 0) is 39.2 Å². The van der Waals surface area contributed by atoms with Crippen molar-refractivity contribution < 1.29 is 0 Å². The molecule has 1 aromatic rings. The first-order valence-corrected chi connectivity index (χ1v) is 4.84. The molecule has 0 saturated heterocycles. The highest BCUT2D eigenvalue weighted by atomic mass is 15.1. The van der Waals surface area contributed by atoms with Crippen LogP contribution in [0.4, 0.5) is 11.4 Å². The molecule has 0 amide bonds. The third kappa shape index (κ3) is 3.66. The fraction of sp³-hybridized carbons (Fsp3) is 0.455. The smallest absolute Gasteiger partial charge is 0.0363 e. The zero-order chi connectivity index (χ0) is 10.6. The van der Waals surface area contributed by atoms with E-state index < -0.39 is 0 Å². The number of rotatable bonds is 4. The molecule has 1 rings (SSSR count). The highest BCUT2D eigenvalue weighted by molar-refractivity contribution is 5.54. The zero-order valence-electron chi connectivity index (χ0n) is 9.12. The maximum absolute atomic E-state index is 5.69. The molecule has 0 aliphatic rings. The number of nitrogens with one attached hydrogen (secondary N) is 1. The van der Waals surface area contributed by atoms with Gasteiger partial charge in [0.15, 0.2) is 0 Å². The molecule has 1 atom stereocenters. The monoisotopic (exact) mass is 193 g/mol. The maximum Gasteiger partial charge on any atom is 0.0363 e. The molecule has 0 aliphatic heterocycles. The number of hydrogen-bond donors (Lipinski definition) is 2. The van der Waals surface area contributed by atoms with E-state index >= 15 is 0 Å². The Labute approximate surface area is 85.9 Å². The summed E-state index contributed by atoms with van der Waals surface area (Å²) in [6, 6.07) is 8.25. The van der Waals surface area contributed by atoms with Crippen molar-refractivity contribution in [2.24, 2.45) is 0 Å². The second-order valence-corrected chi connectivity index (χ2v) is 3.93. The Morgan fingerprint density at radius 2 is 2.14 bits per heavy atom. The fourth-order valence-corrected chi connectivity index (χ4v) is 1.51. The van der Waals surface area contributed by atoms with Crippen molar-refractivity contribution in [3.8, 4) is 0 Å². The van der Waals surface area contributed by atoms with E-state index in [1.54, 1.807) is 0 Å². The standard InChI is InChI=1S/C11H19N3/c1-9(8-14(2)3)13-11-6-4-5-10(12)7-11/h4-7,9,13H,8,12H2,1-3H3. The first-order valence-electron chi connectivity index (χ1n) is 4.84. The van der Waals surface area contributed by atoms with Crippen LogP contribution in [-0.4, -0.2) is 31.6 Å². The van der Waals surface area contributed by atoms with E-state index in [0.29, 0.717) is 6.04 Å². The van der Waals surface area contributed by atoms with Crippen molar-refractivity contribution in [2.45, 2.75) is 13.0 Å². The minimum Gasteiger partial charge on any atom is -0.399 e. The highest BCUT2D eigenvalue weighted by Gasteiger charge is 2.02. The molecule has 3 N–H and O–H groups in total. The van der Waals surface area contributed by atoms with Gasteiger partial charge in [-0.2, -0.15) is 0 Å². The van der Waals surface area contributed by atoms with Crippen molar-refractivity contribution in [1.82, 2.24) is 4.90 Å². The Kier molecular flexibility index (Phi) is 3.77. The molecule has 78 valence electrons. The Balaban J connectivity index is 2.51. The molecule has 3 heteroatoms. The third-order valence-corrected chi connectivity index (χ3v) is 1.94. The third-order valence-electron chi connectivity index (χ3n) is 1.94. The van der Waals surface area contributed by atoms with E-state index in [2.05, 4.69) is 31.2 Å². The molecule has 0 bridgehead atoms. The molecule has 0 spiro atoms. The summed E-state index contributed by atoms with van der Waals surface area (Å²) in [4.78, 5) is 2.16. The van der Waals surface area contributed by atoms with E-state index in [1.807, 2.05) is 24.3 Å². The fourth-order valence-electron chi connectivity index (χ4n) is 1.51. The van der Waals surface area contributed by atoms with Gasteiger partial charge in [-0.15, -0.1) is 0 Å². The maximum atomic E-state index is 5.69. The molecule has 0 saturated carbocycles. The van der Waals surface area contributed by atoms with Gasteiger partial charge < -0.3 is 16.0 Å². The van der Waals surface area contributed by atoms with Crippen LogP contribution in [0, 0.1) is 0 Å². The topological polar surface area (TPSA) is 41.3 Å². The lowest BCUT2D eigenvalue weighted by Crippen LogP contribution is -2.29. The Hall–Kier alpha value is -1.22. The molecule has 0 radical (unpaired) electrons. The van der Waals surface area contributed by atoms with Crippen LogP contribution in [0.25, 0.3) is 0 Å². The normalized spacial score (nSPS) is 12.9. The van der Waals surface area contributed by atoms with Gasteiger partial charge in [-0.25, -0.2) is 0 Å². The Bertz CT molecular complexity index is 284. The van der Waals surface area contributed by atoms with Gasteiger partial charge in [-0.3, -0.25) is 0 Å². The van der Waals surface area contributed by atoms with Crippen LogP contribution in [0.1, 0.15) is 6.92 Å². The molecule has 3 nitrogen and oxygen atoms in total. The summed E-state index contributed by atoms with van der Waals surface area (Å²) in [5, 5.41) is 3.39. The predicted molar refractivity (Wildman–Crippen MR) is 62.5 cm³/mol. The summed E-state index contributed by atoms with van der Waals surface area (Å²) in [5.74, 6) is 0. The number of nitrogen functional groups attached to an aromatic ring is 1. The molecule has 1 aromatic carbocycles. The SMILES string of the molecule is CC(CN(C)C)Nc1cccc(N)c1. The van der Waals surface area contributed by atoms with Crippen molar-refractivity contribution in [2.75, 3.05) is 31.7 Å². The quantitative estimate of drug-likeness (QED) is 0.714. The van der Waals surface area contributed by atoms with Crippen LogP contribution < -0.4 is 11.1 Å². The first-order chi connectivity index (χ1) is 6.58. The summed E-state index contributed by atoms with van der Waals surface area (Å²) in [5.41, 5.74) is 7.57. The average molecular weight is 193 g/mol. The summed E-state index contributed by atoms with van der Waals surface area (Å²) in [7, 11) is 4.13. The number of hydrogen-bond acceptors (Lipinski definition) is 3. The van der Waals surface area contributed by atoms with Crippen LogP contribution in [0.2, 0.25) is 0 Å². The van der Waals surface area contributed by atoms with Crippen LogP contribution in [0.15, 0.2) is 24.3 Å². The van der Waals surface area contributed by atoms with E-state index in [1.165, 1.54) is 0 Å². The predicted octanol–water partition coefficient (Wildman–Crippen LogP) is 1.63. The van der Waals surface area contributed by atoms with Crippen molar-refractivity contribution in [3.63, 3.8) is 0 Å². The summed E-state index contributed by atoms with van der Waals surface area (Å²) in [6.45, 7) is 3.16. The van der Waals surface area contributed by atoms with E-state index in [9.17, 15) is 0 Å². The number of nitrogens with two attached hydrogens (primary N) is 1. The van der Waals surface area contributed by atoms with Gasteiger partial charge in [0.05, 0.1) is 0 Å². The summed E-state index contributed by atoms with van der Waals surface area (Å²) >= 11 is 0. The number of benzene rings is 1. The van der Waals surface area contributed by atoms with Crippen molar-refractivity contribution in [3.05, 3.63) is 24.3 Å². The van der Waals surface area contributed by atoms with E-state index in [4.69, 9.17) is 5.73 Å².